The molecule has 0 bridgehead atoms. The van der Waals surface area contributed by atoms with Crippen LogP contribution in [0.5, 0.6) is 23.0 Å². The van der Waals surface area contributed by atoms with Gasteiger partial charge in [-0.3, -0.25) is 9.10 Å². The number of benzene rings is 3. The third-order valence-electron chi connectivity index (χ3n) is 5.94. The van der Waals surface area contributed by atoms with Crippen molar-refractivity contribution in [2.45, 2.75) is 24.0 Å². The second kappa shape index (κ2) is 10.4. The van der Waals surface area contributed by atoms with Gasteiger partial charge in [0.25, 0.3) is 15.9 Å². The Morgan fingerprint density at radius 1 is 0.972 bits per heavy atom. The number of sulfonamides is 1. The molecule has 0 aliphatic carbocycles. The monoisotopic (exact) mass is 512 g/mol. The zero-order valence-corrected chi connectivity index (χ0v) is 21.2. The van der Waals surface area contributed by atoms with Crippen LogP contribution in [0.15, 0.2) is 71.6 Å². The lowest BCUT2D eigenvalue weighted by Crippen LogP contribution is -2.51. The summed E-state index contributed by atoms with van der Waals surface area (Å²) in [4.78, 5) is 13.4. The fraction of sp³-hybridized carbons (Fsp3) is 0.269. The maximum Gasteiger partial charge on any atom is 0.264 e. The van der Waals surface area contributed by atoms with Crippen molar-refractivity contribution in [2.24, 2.45) is 0 Å². The number of hydrogen-bond acceptors (Lipinski definition) is 7. The molecule has 0 fully saturated rings. The third-order valence-corrected chi connectivity index (χ3v) is 7.73. The molecule has 0 saturated carbocycles. The first-order valence-corrected chi connectivity index (χ1v) is 12.7. The van der Waals surface area contributed by atoms with E-state index >= 15 is 0 Å². The summed E-state index contributed by atoms with van der Waals surface area (Å²) in [5.41, 5.74) is 1.07. The van der Waals surface area contributed by atoms with Crippen molar-refractivity contribution in [1.82, 2.24) is 5.32 Å². The molecular weight excluding hydrogens is 484 g/mol. The molecule has 10 heteroatoms. The van der Waals surface area contributed by atoms with Gasteiger partial charge in [0.2, 0.25) is 0 Å². The molecule has 0 unspecified atom stereocenters. The van der Waals surface area contributed by atoms with E-state index in [1.807, 2.05) is 0 Å². The van der Waals surface area contributed by atoms with Crippen molar-refractivity contribution in [3.8, 4) is 23.0 Å². The Morgan fingerprint density at radius 3 is 2.31 bits per heavy atom. The predicted molar refractivity (Wildman–Crippen MR) is 134 cm³/mol. The van der Waals surface area contributed by atoms with Crippen molar-refractivity contribution in [3.63, 3.8) is 0 Å². The summed E-state index contributed by atoms with van der Waals surface area (Å²) >= 11 is 0. The van der Waals surface area contributed by atoms with Crippen molar-refractivity contribution in [1.29, 1.82) is 0 Å². The highest BCUT2D eigenvalue weighted by atomic mass is 32.2. The van der Waals surface area contributed by atoms with Crippen molar-refractivity contribution in [2.75, 3.05) is 32.2 Å². The first-order valence-electron chi connectivity index (χ1n) is 11.2. The van der Waals surface area contributed by atoms with E-state index in [-0.39, 0.29) is 11.4 Å². The van der Waals surface area contributed by atoms with Gasteiger partial charge >= 0.3 is 0 Å². The fourth-order valence-electron chi connectivity index (χ4n) is 4.00. The Kier molecular flexibility index (Phi) is 7.25. The molecule has 190 valence electrons. The van der Waals surface area contributed by atoms with E-state index in [0.29, 0.717) is 34.2 Å². The zero-order valence-electron chi connectivity index (χ0n) is 20.4. The number of carbonyl (C=O) groups excluding carboxylic acids is 1. The number of amides is 1. The highest BCUT2D eigenvalue weighted by molar-refractivity contribution is 7.92. The van der Waals surface area contributed by atoms with Crippen LogP contribution in [0.1, 0.15) is 18.5 Å². The highest BCUT2D eigenvalue weighted by Crippen LogP contribution is 2.37. The van der Waals surface area contributed by atoms with E-state index < -0.39 is 28.1 Å². The normalized spacial score (nSPS) is 15.8. The van der Waals surface area contributed by atoms with Crippen molar-refractivity contribution >= 4 is 21.6 Å². The first kappa shape index (κ1) is 25.2. The SMILES string of the molecule is COc1ccc(S(=O)(=O)N2C[C@H](C(=O)N[C@@H](C)c3cc(OC)ccc3OC)Oc3ccccc32)cc1. The standard InChI is InChI=1S/C26H28N2O7S/c1-17(21-15-19(33-3)11-14-23(21)34-4)27-26(29)25-16-28(22-7-5-6-8-24(22)35-25)36(30,31)20-12-9-18(32-2)10-13-20/h5-15,17,25H,16H2,1-4H3,(H,27,29)/t17-,25+/m0/s1. The topological polar surface area (TPSA) is 103 Å². The van der Waals surface area contributed by atoms with E-state index in [2.05, 4.69) is 5.32 Å². The van der Waals surface area contributed by atoms with E-state index in [0.717, 1.165) is 0 Å². The molecule has 1 N–H and O–H groups in total. The maximum atomic E-state index is 13.6. The van der Waals surface area contributed by atoms with Crippen LogP contribution in [0.4, 0.5) is 5.69 Å². The molecule has 0 spiro atoms. The van der Waals surface area contributed by atoms with Gasteiger partial charge < -0.3 is 24.3 Å². The van der Waals surface area contributed by atoms with Crippen LogP contribution in [0.2, 0.25) is 0 Å². The van der Waals surface area contributed by atoms with Gasteiger partial charge in [-0.25, -0.2) is 8.42 Å². The van der Waals surface area contributed by atoms with Crippen LogP contribution >= 0.6 is 0 Å². The number of ether oxygens (including phenoxy) is 4. The van der Waals surface area contributed by atoms with Crippen molar-refractivity contribution < 1.29 is 32.2 Å². The summed E-state index contributed by atoms with van der Waals surface area (Å²) in [7, 11) is 0.621. The molecule has 4 rings (SSSR count). The fourth-order valence-corrected chi connectivity index (χ4v) is 5.48. The van der Waals surface area contributed by atoms with Gasteiger partial charge in [-0.05, 0) is 61.5 Å². The van der Waals surface area contributed by atoms with Crippen LogP contribution in [-0.2, 0) is 14.8 Å². The average Bonchev–Trinajstić information content (AvgIpc) is 2.91. The molecule has 0 radical (unpaired) electrons. The number of carbonyl (C=O) groups is 1. The highest BCUT2D eigenvalue weighted by Gasteiger charge is 2.38. The molecule has 3 aromatic rings. The van der Waals surface area contributed by atoms with E-state index in [9.17, 15) is 13.2 Å². The Bertz CT molecular complexity index is 1340. The third kappa shape index (κ3) is 4.90. The molecule has 0 saturated heterocycles. The summed E-state index contributed by atoms with van der Waals surface area (Å²) < 4.78 is 50.2. The van der Waals surface area contributed by atoms with E-state index in [1.165, 1.54) is 23.5 Å². The van der Waals surface area contributed by atoms with E-state index in [1.54, 1.807) is 75.7 Å². The lowest BCUT2D eigenvalue weighted by Gasteiger charge is -2.35. The Hall–Kier alpha value is -3.92. The van der Waals surface area contributed by atoms with Gasteiger partial charge in [0.1, 0.15) is 23.0 Å². The van der Waals surface area contributed by atoms with E-state index in [4.69, 9.17) is 18.9 Å². The van der Waals surface area contributed by atoms with Crippen LogP contribution in [-0.4, -0.2) is 48.3 Å². The molecule has 36 heavy (non-hydrogen) atoms. The summed E-state index contributed by atoms with van der Waals surface area (Å²) in [5, 5.41) is 2.91. The van der Waals surface area contributed by atoms with Gasteiger partial charge in [0.15, 0.2) is 6.10 Å². The number of para-hydroxylation sites is 2. The lowest BCUT2D eigenvalue weighted by atomic mass is 10.1. The predicted octanol–water partition coefficient (Wildman–Crippen LogP) is 3.55. The van der Waals surface area contributed by atoms with Crippen LogP contribution in [0.3, 0.4) is 0 Å². The Morgan fingerprint density at radius 2 is 1.64 bits per heavy atom. The Balaban J connectivity index is 1.61. The van der Waals surface area contributed by atoms with Gasteiger partial charge in [-0.2, -0.15) is 0 Å². The summed E-state index contributed by atoms with van der Waals surface area (Å²) in [6.45, 7) is 1.61. The number of anilines is 1. The number of hydrogen-bond donors (Lipinski definition) is 1. The molecule has 9 nitrogen and oxygen atoms in total. The number of methoxy groups -OCH3 is 3. The minimum Gasteiger partial charge on any atom is -0.497 e. The first-order chi connectivity index (χ1) is 17.3. The van der Waals surface area contributed by atoms with Gasteiger partial charge in [0, 0.05) is 5.56 Å². The van der Waals surface area contributed by atoms with Gasteiger partial charge in [-0.15, -0.1) is 0 Å². The second-order valence-electron chi connectivity index (χ2n) is 8.12. The number of fused-ring (bicyclic) bond motifs is 1. The molecular formula is C26H28N2O7S. The molecule has 1 aliphatic rings. The number of nitrogens with zero attached hydrogens (tertiary/aromatic N) is 1. The molecule has 0 aromatic heterocycles. The van der Waals surface area contributed by atoms with Crippen LogP contribution in [0.25, 0.3) is 0 Å². The average molecular weight is 513 g/mol. The smallest absolute Gasteiger partial charge is 0.264 e. The summed E-state index contributed by atoms with van der Waals surface area (Å²) in [6.07, 6.45) is -1.08. The minimum absolute atomic E-state index is 0.0775. The molecule has 3 aromatic carbocycles. The van der Waals surface area contributed by atoms with Gasteiger partial charge in [-0.1, -0.05) is 12.1 Å². The molecule has 1 amide bonds. The summed E-state index contributed by atoms with van der Waals surface area (Å²) in [5.74, 6) is 1.58. The maximum absolute atomic E-state index is 13.6. The number of rotatable bonds is 8. The minimum atomic E-state index is -3.99. The van der Waals surface area contributed by atoms with Crippen molar-refractivity contribution in [3.05, 3.63) is 72.3 Å². The molecule has 1 heterocycles. The molecule has 2 atom stereocenters. The quantitative estimate of drug-likeness (QED) is 0.492. The van der Waals surface area contributed by atoms with Crippen LogP contribution < -0.4 is 28.6 Å². The molecule has 1 aliphatic heterocycles. The second-order valence-corrected chi connectivity index (χ2v) is 9.99. The Labute approximate surface area is 210 Å². The van der Waals surface area contributed by atoms with Crippen LogP contribution in [0, 0.1) is 0 Å². The lowest BCUT2D eigenvalue weighted by molar-refractivity contribution is -0.128. The van der Waals surface area contributed by atoms with Gasteiger partial charge in [0.05, 0.1) is 44.5 Å². The number of nitrogens with one attached hydrogen (secondary N) is 1. The zero-order chi connectivity index (χ0) is 25.9. The summed E-state index contributed by atoms with van der Waals surface area (Å²) in [6, 6.07) is 17.7. The largest absolute Gasteiger partial charge is 0.497 e.